The van der Waals surface area contributed by atoms with E-state index >= 15 is 0 Å². The quantitative estimate of drug-likeness (QED) is 0.295. The number of nitrogens with zero attached hydrogens (tertiary/aromatic N) is 1. The van der Waals surface area contributed by atoms with E-state index in [0.29, 0.717) is 29.4 Å². The number of aryl methyl sites for hydroxylation is 2. The molecular formula is C22H25N3O4. The number of hydrazone groups is 1. The summed E-state index contributed by atoms with van der Waals surface area (Å²) in [5.74, 6) is 0.0801. The third-order valence-corrected chi connectivity index (χ3v) is 3.94. The number of rotatable bonds is 9. The van der Waals surface area contributed by atoms with Crippen molar-refractivity contribution in [3.8, 4) is 11.5 Å². The number of anilines is 1. The van der Waals surface area contributed by atoms with E-state index in [-0.39, 0.29) is 6.42 Å². The summed E-state index contributed by atoms with van der Waals surface area (Å²) in [6.07, 6.45) is 2.70. The number of carbonyl (C=O) groups excluding carboxylic acids is 2. The van der Waals surface area contributed by atoms with Crippen LogP contribution in [0, 0.1) is 13.8 Å². The lowest BCUT2D eigenvalue weighted by Gasteiger charge is -2.11. The van der Waals surface area contributed by atoms with E-state index in [2.05, 4.69) is 22.4 Å². The van der Waals surface area contributed by atoms with Crippen molar-refractivity contribution in [2.24, 2.45) is 5.10 Å². The summed E-state index contributed by atoms with van der Waals surface area (Å²) in [7, 11) is 1.53. The lowest BCUT2D eigenvalue weighted by molar-refractivity contribution is -0.126. The summed E-state index contributed by atoms with van der Waals surface area (Å²) in [6.45, 7) is 7.79. The molecule has 152 valence electrons. The molecule has 0 bridgehead atoms. The molecule has 2 aromatic rings. The average molecular weight is 395 g/mol. The first-order valence-electron chi connectivity index (χ1n) is 9.04. The zero-order valence-electron chi connectivity index (χ0n) is 16.8. The highest BCUT2D eigenvalue weighted by molar-refractivity contribution is 6.04. The summed E-state index contributed by atoms with van der Waals surface area (Å²) in [4.78, 5) is 24.1. The van der Waals surface area contributed by atoms with Crippen LogP contribution in [0.1, 0.15) is 23.1 Å². The van der Waals surface area contributed by atoms with Gasteiger partial charge in [-0.05, 0) is 37.6 Å². The highest BCUT2D eigenvalue weighted by Gasteiger charge is 2.11. The summed E-state index contributed by atoms with van der Waals surface area (Å²) in [5, 5.41) is 6.64. The van der Waals surface area contributed by atoms with Gasteiger partial charge in [-0.25, -0.2) is 5.43 Å². The molecule has 2 amide bonds. The predicted octanol–water partition coefficient (Wildman–Crippen LogP) is 3.36. The molecule has 7 heteroatoms. The molecule has 0 unspecified atom stereocenters. The summed E-state index contributed by atoms with van der Waals surface area (Å²) in [6, 6.07) is 11.0. The number of benzene rings is 2. The van der Waals surface area contributed by atoms with Crippen LogP contribution in [-0.4, -0.2) is 31.7 Å². The molecule has 0 aliphatic carbocycles. The van der Waals surface area contributed by atoms with Gasteiger partial charge in [-0.3, -0.25) is 9.59 Å². The second kappa shape index (κ2) is 10.7. The lowest BCUT2D eigenvalue weighted by atomic mass is 10.1. The molecule has 0 saturated heterocycles. The average Bonchev–Trinajstić information content (AvgIpc) is 2.68. The Labute approximate surface area is 170 Å². The van der Waals surface area contributed by atoms with Gasteiger partial charge >= 0.3 is 0 Å². The molecule has 0 atom stereocenters. The minimum absolute atomic E-state index is 0.298. The first-order valence-corrected chi connectivity index (χ1v) is 9.04. The minimum atomic E-state index is -0.528. The monoisotopic (exact) mass is 395 g/mol. The van der Waals surface area contributed by atoms with Crippen molar-refractivity contribution in [1.82, 2.24) is 5.43 Å². The van der Waals surface area contributed by atoms with Crippen LogP contribution < -0.4 is 20.2 Å². The highest BCUT2D eigenvalue weighted by Crippen LogP contribution is 2.30. The Balaban J connectivity index is 1.95. The van der Waals surface area contributed by atoms with Crippen LogP contribution in [0.4, 0.5) is 5.69 Å². The number of carbonyl (C=O) groups is 2. The van der Waals surface area contributed by atoms with E-state index in [1.54, 1.807) is 24.3 Å². The Hall–Kier alpha value is -3.61. The third kappa shape index (κ3) is 6.49. The standard InChI is InChI=1S/C22H25N3O4/c1-5-11-29-22-17(7-6-8-19(22)28-4)14-23-25-21(27)13-20(26)24-18-10-9-15(2)12-16(18)3/h5-10,12,14H,1,11,13H2,2-4H3,(H,24,26)(H,25,27). The molecule has 0 saturated carbocycles. The molecule has 2 aromatic carbocycles. The summed E-state index contributed by atoms with van der Waals surface area (Å²) in [5.41, 5.74) is 5.67. The molecule has 29 heavy (non-hydrogen) atoms. The van der Waals surface area contributed by atoms with Crippen molar-refractivity contribution in [2.45, 2.75) is 20.3 Å². The van der Waals surface area contributed by atoms with Crippen LogP contribution in [0.3, 0.4) is 0 Å². The Morgan fingerprint density at radius 1 is 1.17 bits per heavy atom. The number of methoxy groups -OCH3 is 1. The van der Waals surface area contributed by atoms with E-state index in [9.17, 15) is 9.59 Å². The SMILES string of the molecule is C=CCOc1c(C=NNC(=O)CC(=O)Nc2ccc(C)cc2C)cccc1OC. The molecule has 0 spiro atoms. The van der Waals surface area contributed by atoms with Gasteiger partial charge in [0, 0.05) is 11.3 Å². The van der Waals surface area contributed by atoms with E-state index in [1.165, 1.54) is 13.3 Å². The normalized spacial score (nSPS) is 10.4. The predicted molar refractivity (Wildman–Crippen MR) is 114 cm³/mol. The zero-order chi connectivity index (χ0) is 21.2. The van der Waals surface area contributed by atoms with Crippen molar-refractivity contribution in [3.05, 3.63) is 65.7 Å². The Morgan fingerprint density at radius 2 is 1.97 bits per heavy atom. The van der Waals surface area contributed by atoms with Gasteiger partial charge in [0.1, 0.15) is 13.0 Å². The molecule has 2 N–H and O–H groups in total. The first-order chi connectivity index (χ1) is 13.9. The highest BCUT2D eigenvalue weighted by atomic mass is 16.5. The topological polar surface area (TPSA) is 89.0 Å². The van der Waals surface area contributed by atoms with Crippen LogP contribution in [0.5, 0.6) is 11.5 Å². The van der Waals surface area contributed by atoms with Crippen LogP contribution in [0.2, 0.25) is 0 Å². The van der Waals surface area contributed by atoms with Crippen molar-refractivity contribution in [1.29, 1.82) is 0 Å². The second-order valence-corrected chi connectivity index (χ2v) is 6.31. The van der Waals surface area contributed by atoms with Gasteiger partial charge in [0.2, 0.25) is 11.8 Å². The maximum atomic E-state index is 12.1. The Morgan fingerprint density at radius 3 is 2.66 bits per heavy atom. The van der Waals surface area contributed by atoms with Crippen molar-refractivity contribution >= 4 is 23.7 Å². The van der Waals surface area contributed by atoms with E-state index < -0.39 is 11.8 Å². The maximum absolute atomic E-state index is 12.1. The molecule has 0 aromatic heterocycles. The Kier molecular flexibility index (Phi) is 7.97. The number of nitrogens with one attached hydrogen (secondary N) is 2. The van der Waals surface area contributed by atoms with Gasteiger partial charge in [-0.1, -0.05) is 36.4 Å². The van der Waals surface area contributed by atoms with Crippen LogP contribution >= 0.6 is 0 Å². The smallest absolute Gasteiger partial charge is 0.249 e. The zero-order valence-corrected chi connectivity index (χ0v) is 16.8. The van der Waals surface area contributed by atoms with E-state index in [0.717, 1.165) is 11.1 Å². The van der Waals surface area contributed by atoms with Gasteiger partial charge in [0.15, 0.2) is 11.5 Å². The summed E-state index contributed by atoms with van der Waals surface area (Å²) < 4.78 is 10.9. The molecule has 0 aliphatic heterocycles. The van der Waals surface area contributed by atoms with Crippen molar-refractivity contribution in [3.63, 3.8) is 0 Å². The van der Waals surface area contributed by atoms with Gasteiger partial charge < -0.3 is 14.8 Å². The fourth-order valence-corrected chi connectivity index (χ4v) is 2.60. The van der Waals surface area contributed by atoms with Gasteiger partial charge in [0.05, 0.1) is 13.3 Å². The number of hydrogen-bond donors (Lipinski definition) is 2. The van der Waals surface area contributed by atoms with Gasteiger partial charge in [-0.2, -0.15) is 5.10 Å². The third-order valence-electron chi connectivity index (χ3n) is 3.94. The summed E-state index contributed by atoms with van der Waals surface area (Å²) >= 11 is 0. The number of para-hydroxylation sites is 1. The number of amides is 2. The van der Waals surface area contributed by atoms with Crippen LogP contribution in [-0.2, 0) is 9.59 Å². The van der Waals surface area contributed by atoms with Crippen LogP contribution in [0.25, 0.3) is 0 Å². The fraction of sp³-hybridized carbons (Fsp3) is 0.227. The van der Waals surface area contributed by atoms with Crippen molar-refractivity contribution < 1.29 is 19.1 Å². The van der Waals surface area contributed by atoms with Crippen LogP contribution in [0.15, 0.2) is 54.2 Å². The molecule has 2 rings (SSSR count). The number of hydrogen-bond acceptors (Lipinski definition) is 5. The minimum Gasteiger partial charge on any atom is -0.493 e. The maximum Gasteiger partial charge on any atom is 0.249 e. The Bertz CT molecular complexity index is 922. The largest absolute Gasteiger partial charge is 0.493 e. The molecule has 0 aliphatic rings. The van der Waals surface area contributed by atoms with E-state index in [1.807, 2.05) is 32.0 Å². The molecule has 0 radical (unpaired) electrons. The molecular weight excluding hydrogens is 370 g/mol. The first kappa shape index (κ1) is 21.7. The fourth-order valence-electron chi connectivity index (χ4n) is 2.60. The van der Waals surface area contributed by atoms with E-state index in [4.69, 9.17) is 9.47 Å². The molecule has 0 fully saturated rings. The number of ether oxygens (including phenoxy) is 2. The van der Waals surface area contributed by atoms with Gasteiger partial charge in [-0.15, -0.1) is 0 Å². The lowest BCUT2D eigenvalue weighted by Crippen LogP contribution is -2.24. The molecule has 7 nitrogen and oxygen atoms in total. The molecule has 0 heterocycles. The second-order valence-electron chi connectivity index (χ2n) is 6.31. The van der Waals surface area contributed by atoms with Gasteiger partial charge in [0.25, 0.3) is 0 Å². The van der Waals surface area contributed by atoms with Crippen molar-refractivity contribution in [2.75, 3.05) is 19.0 Å².